The van der Waals surface area contributed by atoms with E-state index in [2.05, 4.69) is 10.3 Å². The van der Waals surface area contributed by atoms with Gasteiger partial charge in [-0.1, -0.05) is 18.2 Å². The molecule has 1 N–H and O–H groups in total. The molecule has 2 rings (SSSR count). The highest BCUT2D eigenvalue weighted by molar-refractivity contribution is 7.80. The lowest BCUT2D eigenvalue weighted by molar-refractivity contribution is 0.348. The van der Waals surface area contributed by atoms with Crippen LogP contribution in [0.1, 0.15) is 18.5 Å². The molecule has 0 aromatic heterocycles. The molecule has 0 radical (unpaired) electrons. The van der Waals surface area contributed by atoms with Crippen LogP contribution in [0, 0.1) is 5.82 Å². The summed E-state index contributed by atoms with van der Waals surface area (Å²) >= 11 is 5.17. The molecular weight excluding hydrogens is 265 g/mol. The highest BCUT2D eigenvalue weighted by atomic mass is 32.1. The van der Waals surface area contributed by atoms with Crippen LogP contribution in [0.3, 0.4) is 0 Å². The van der Waals surface area contributed by atoms with E-state index in [9.17, 15) is 4.39 Å². The molecule has 0 saturated carbocycles. The Kier molecular flexibility index (Phi) is 4.31. The lowest BCUT2D eigenvalue weighted by atomic mass is 10.1. The van der Waals surface area contributed by atoms with Crippen LogP contribution in [0.5, 0.6) is 0 Å². The summed E-state index contributed by atoms with van der Waals surface area (Å²) < 4.78 is 19.1. The number of aliphatic imine (C=N–C) groups is 1. The lowest BCUT2D eigenvalue weighted by Gasteiger charge is -2.17. The first-order chi connectivity index (χ1) is 9.13. The summed E-state index contributed by atoms with van der Waals surface area (Å²) in [5.74, 6) is -0.264. The number of hydrogen-bond acceptors (Lipinski definition) is 3. The minimum absolute atomic E-state index is 0.264. The second kappa shape index (κ2) is 5.97. The quantitative estimate of drug-likeness (QED) is 0.842. The van der Waals surface area contributed by atoms with Gasteiger partial charge in [-0.15, -0.1) is 0 Å². The molecule has 1 aliphatic heterocycles. The first-order valence-corrected chi connectivity index (χ1v) is 6.48. The maximum atomic E-state index is 13.7. The van der Waals surface area contributed by atoms with E-state index in [0.29, 0.717) is 29.8 Å². The van der Waals surface area contributed by atoms with Crippen molar-refractivity contribution >= 4 is 23.4 Å². The molecule has 1 fully saturated rings. The van der Waals surface area contributed by atoms with Crippen molar-refractivity contribution in [3.63, 3.8) is 0 Å². The van der Waals surface area contributed by atoms with Crippen molar-refractivity contribution in [2.45, 2.75) is 13.0 Å². The molecule has 4 nitrogen and oxygen atoms in total. The summed E-state index contributed by atoms with van der Waals surface area (Å²) in [7, 11) is 1.75. The van der Waals surface area contributed by atoms with Gasteiger partial charge >= 0.3 is 0 Å². The van der Waals surface area contributed by atoms with E-state index >= 15 is 0 Å². The Labute approximate surface area is 117 Å². The standard InChI is InChI=1S/C13H16FN3OS/c1-9(10-5-3-4-6-11(10)14)16-12-17(7-8-18-12)13(19)15-2/h3-6,9H,7-8H2,1-2H3,(H,15,19)/b16-12-/t9-/m0/s1. The number of nitrogens with one attached hydrogen (secondary N) is 1. The Hall–Kier alpha value is -1.69. The van der Waals surface area contributed by atoms with Crippen molar-refractivity contribution in [1.29, 1.82) is 0 Å². The summed E-state index contributed by atoms with van der Waals surface area (Å²) in [5.41, 5.74) is 0.542. The van der Waals surface area contributed by atoms with Crippen LogP contribution < -0.4 is 5.32 Å². The number of rotatable bonds is 2. The molecule has 1 aromatic carbocycles. The molecule has 6 heteroatoms. The molecular formula is C13H16FN3OS. The van der Waals surface area contributed by atoms with E-state index < -0.39 is 0 Å². The minimum atomic E-state index is -0.323. The fourth-order valence-corrected chi connectivity index (χ4v) is 2.05. The van der Waals surface area contributed by atoms with Crippen molar-refractivity contribution in [2.75, 3.05) is 20.2 Å². The predicted molar refractivity (Wildman–Crippen MR) is 76.6 cm³/mol. The number of benzene rings is 1. The maximum Gasteiger partial charge on any atom is 0.294 e. The predicted octanol–water partition coefficient (Wildman–Crippen LogP) is 2.08. The second-order valence-electron chi connectivity index (χ2n) is 4.16. The van der Waals surface area contributed by atoms with E-state index in [1.807, 2.05) is 6.92 Å². The molecule has 1 saturated heterocycles. The zero-order valence-electron chi connectivity index (χ0n) is 10.9. The Morgan fingerprint density at radius 2 is 2.26 bits per heavy atom. The molecule has 1 aromatic rings. The summed E-state index contributed by atoms with van der Waals surface area (Å²) in [5, 5.41) is 3.44. The first kappa shape index (κ1) is 13.7. The molecule has 0 bridgehead atoms. The van der Waals surface area contributed by atoms with Crippen molar-refractivity contribution in [1.82, 2.24) is 10.2 Å². The van der Waals surface area contributed by atoms with Gasteiger partial charge in [0.05, 0.1) is 12.6 Å². The Morgan fingerprint density at radius 3 is 2.95 bits per heavy atom. The Balaban J connectivity index is 2.21. The second-order valence-corrected chi connectivity index (χ2v) is 4.55. The lowest BCUT2D eigenvalue weighted by Crippen LogP contribution is -2.39. The highest BCUT2D eigenvalue weighted by Crippen LogP contribution is 2.21. The van der Waals surface area contributed by atoms with Crippen LogP contribution in [0.4, 0.5) is 4.39 Å². The zero-order valence-corrected chi connectivity index (χ0v) is 11.7. The topological polar surface area (TPSA) is 36.9 Å². The van der Waals surface area contributed by atoms with Gasteiger partial charge < -0.3 is 10.1 Å². The number of ether oxygens (including phenoxy) is 1. The van der Waals surface area contributed by atoms with Gasteiger partial charge in [0.2, 0.25) is 0 Å². The van der Waals surface area contributed by atoms with Crippen LogP contribution >= 0.6 is 12.2 Å². The third-order valence-corrected chi connectivity index (χ3v) is 3.32. The van der Waals surface area contributed by atoms with E-state index in [1.54, 1.807) is 30.1 Å². The average molecular weight is 281 g/mol. The number of thiocarbonyl (C=S) groups is 1. The molecule has 0 unspecified atom stereocenters. The smallest absolute Gasteiger partial charge is 0.294 e. The molecule has 1 atom stereocenters. The van der Waals surface area contributed by atoms with Crippen molar-refractivity contribution in [3.05, 3.63) is 35.6 Å². The fraction of sp³-hybridized carbons (Fsp3) is 0.385. The Morgan fingerprint density at radius 1 is 1.53 bits per heavy atom. The normalized spacial score (nSPS) is 18.3. The van der Waals surface area contributed by atoms with Gasteiger partial charge in [0.25, 0.3) is 6.02 Å². The largest absolute Gasteiger partial charge is 0.463 e. The van der Waals surface area contributed by atoms with Crippen LogP contribution in [0.2, 0.25) is 0 Å². The monoisotopic (exact) mass is 281 g/mol. The van der Waals surface area contributed by atoms with Crippen LogP contribution in [0.25, 0.3) is 0 Å². The molecule has 102 valence electrons. The van der Waals surface area contributed by atoms with Crippen molar-refractivity contribution in [3.8, 4) is 0 Å². The van der Waals surface area contributed by atoms with Crippen LogP contribution in [0.15, 0.2) is 29.3 Å². The molecule has 0 amide bonds. The molecule has 0 aliphatic carbocycles. The number of amidine groups is 1. The van der Waals surface area contributed by atoms with Gasteiger partial charge in [0.15, 0.2) is 5.11 Å². The van der Waals surface area contributed by atoms with Gasteiger partial charge in [0.1, 0.15) is 12.4 Å². The fourth-order valence-electron chi connectivity index (χ4n) is 1.88. The van der Waals surface area contributed by atoms with E-state index in [-0.39, 0.29) is 11.9 Å². The number of hydrogen-bond donors (Lipinski definition) is 1. The van der Waals surface area contributed by atoms with E-state index in [4.69, 9.17) is 17.0 Å². The van der Waals surface area contributed by atoms with Gasteiger partial charge in [-0.05, 0) is 25.2 Å². The SMILES string of the molecule is CNC(=S)N1CCO/C1=N\[C@@H](C)c1ccccc1F. The van der Waals surface area contributed by atoms with Crippen molar-refractivity contribution in [2.24, 2.45) is 4.99 Å². The Bertz CT molecular complexity index is 506. The summed E-state index contributed by atoms with van der Waals surface area (Å²) in [6, 6.07) is 6.72. The molecule has 0 spiro atoms. The average Bonchev–Trinajstić information content (AvgIpc) is 2.86. The van der Waals surface area contributed by atoms with Gasteiger partial charge in [-0.2, -0.15) is 0 Å². The molecule has 19 heavy (non-hydrogen) atoms. The molecule has 1 aliphatic rings. The van der Waals surface area contributed by atoms with Crippen molar-refractivity contribution < 1.29 is 9.13 Å². The first-order valence-electron chi connectivity index (χ1n) is 6.07. The number of nitrogens with zero attached hydrogens (tertiary/aromatic N) is 2. The summed E-state index contributed by atoms with van der Waals surface area (Å²) in [6.45, 7) is 3.01. The van der Waals surface area contributed by atoms with Gasteiger partial charge in [0, 0.05) is 12.6 Å². The van der Waals surface area contributed by atoms with Crippen LogP contribution in [-0.4, -0.2) is 36.2 Å². The van der Waals surface area contributed by atoms with Gasteiger partial charge in [-0.3, -0.25) is 4.90 Å². The van der Waals surface area contributed by atoms with E-state index in [1.165, 1.54) is 6.07 Å². The van der Waals surface area contributed by atoms with Crippen LogP contribution in [-0.2, 0) is 4.74 Å². The number of halogens is 1. The third kappa shape index (κ3) is 3.01. The minimum Gasteiger partial charge on any atom is -0.463 e. The van der Waals surface area contributed by atoms with Gasteiger partial charge in [-0.25, -0.2) is 9.38 Å². The summed E-state index contributed by atoms with van der Waals surface area (Å²) in [4.78, 5) is 6.18. The maximum absolute atomic E-state index is 13.7. The highest BCUT2D eigenvalue weighted by Gasteiger charge is 2.24. The summed E-state index contributed by atoms with van der Waals surface area (Å²) in [6.07, 6.45) is 0. The van der Waals surface area contributed by atoms with E-state index in [0.717, 1.165) is 0 Å². The third-order valence-electron chi connectivity index (χ3n) is 2.90. The zero-order chi connectivity index (χ0) is 13.8. The molecule has 1 heterocycles.